The van der Waals surface area contributed by atoms with Gasteiger partial charge in [0.1, 0.15) is 17.3 Å². The lowest BCUT2D eigenvalue weighted by Gasteiger charge is -2.26. The van der Waals surface area contributed by atoms with Gasteiger partial charge in [0, 0.05) is 31.4 Å². The van der Waals surface area contributed by atoms with E-state index < -0.39 is 23.5 Å². The zero-order valence-corrected chi connectivity index (χ0v) is 19.6. The number of benzene rings is 2. The molecule has 3 rings (SSSR count). The summed E-state index contributed by atoms with van der Waals surface area (Å²) in [4.78, 5) is 27.4. The van der Waals surface area contributed by atoms with Crippen LogP contribution >= 0.6 is 0 Å². The number of ketones is 1. The van der Waals surface area contributed by atoms with Gasteiger partial charge in [-0.2, -0.15) is 0 Å². The smallest absolute Gasteiger partial charge is 0.295 e. The molecule has 2 aromatic rings. The van der Waals surface area contributed by atoms with E-state index in [9.17, 15) is 19.1 Å². The molecule has 1 saturated heterocycles. The van der Waals surface area contributed by atoms with Gasteiger partial charge in [0.05, 0.1) is 18.7 Å². The Morgan fingerprint density at radius 2 is 1.76 bits per heavy atom. The number of rotatable bonds is 7. The Morgan fingerprint density at radius 3 is 2.33 bits per heavy atom. The molecular weight excluding hydrogens is 425 g/mol. The van der Waals surface area contributed by atoms with E-state index in [1.165, 1.54) is 29.2 Å². The Balaban J connectivity index is 2.17. The van der Waals surface area contributed by atoms with Gasteiger partial charge in [-0.1, -0.05) is 32.9 Å². The molecule has 0 saturated carbocycles. The van der Waals surface area contributed by atoms with Crippen molar-refractivity contribution < 1.29 is 28.6 Å². The van der Waals surface area contributed by atoms with E-state index in [1.54, 1.807) is 32.4 Å². The molecule has 0 radical (unpaired) electrons. The van der Waals surface area contributed by atoms with Crippen LogP contribution in [0.2, 0.25) is 0 Å². The SMILES string of the molecule is COCCCN1C(=O)C(=O)/C(=C(\O)c2ccc(OC)c(C(C)(C)C)c2)C1c1ccc(F)cc1. The number of hydrogen-bond acceptors (Lipinski definition) is 5. The van der Waals surface area contributed by atoms with Crippen LogP contribution in [-0.4, -0.2) is 49.1 Å². The van der Waals surface area contributed by atoms with E-state index in [0.29, 0.717) is 29.9 Å². The second-order valence-electron chi connectivity index (χ2n) is 9.06. The molecule has 0 spiro atoms. The van der Waals surface area contributed by atoms with Gasteiger partial charge in [-0.15, -0.1) is 0 Å². The molecule has 1 atom stereocenters. The summed E-state index contributed by atoms with van der Waals surface area (Å²) >= 11 is 0. The molecule has 176 valence electrons. The minimum Gasteiger partial charge on any atom is -0.507 e. The summed E-state index contributed by atoms with van der Waals surface area (Å²) in [6.07, 6.45) is 0.512. The number of carbonyl (C=O) groups is 2. The number of aliphatic hydroxyl groups is 1. The van der Waals surface area contributed by atoms with Gasteiger partial charge in [0.25, 0.3) is 11.7 Å². The van der Waals surface area contributed by atoms with Crippen molar-refractivity contribution in [3.05, 3.63) is 70.5 Å². The molecule has 1 unspecified atom stereocenters. The molecule has 1 N–H and O–H groups in total. The van der Waals surface area contributed by atoms with Crippen LogP contribution in [0.4, 0.5) is 4.39 Å². The van der Waals surface area contributed by atoms with Crippen LogP contribution in [0.15, 0.2) is 48.0 Å². The Bertz CT molecular complexity index is 1070. The van der Waals surface area contributed by atoms with E-state index in [2.05, 4.69) is 0 Å². The maximum absolute atomic E-state index is 13.6. The third kappa shape index (κ3) is 4.93. The minimum absolute atomic E-state index is 0.0194. The van der Waals surface area contributed by atoms with E-state index in [4.69, 9.17) is 9.47 Å². The second-order valence-corrected chi connectivity index (χ2v) is 9.06. The van der Waals surface area contributed by atoms with Crippen LogP contribution < -0.4 is 4.74 Å². The van der Waals surface area contributed by atoms with Gasteiger partial charge in [0.2, 0.25) is 0 Å². The Labute approximate surface area is 193 Å². The quantitative estimate of drug-likeness (QED) is 0.286. The lowest BCUT2D eigenvalue weighted by Crippen LogP contribution is -2.31. The number of methoxy groups -OCH3 is 2. The van der Waals surface area contributed by atoms with Crippen molar-refractivity contribution in [3.8, 4) is 5.75 Å². The van der Waals surface area contributed by atoms with Crippen LogP contribution in [0, 0.1) is 5.82 Å². The predicted molar refractivity (Wildman–Crippen MR) is 124 cm³/mol. The Hall–Kier alpha value is -3.19. The summed E-state index contributed by atoms with van der Waals surface area (Å²) in [6.45, 7) is 6.71. The summed E-state index contributed by atoms with van der Waals surface area (Å²) in [7, 11) is 3.13. The van der Waals surface area contributed by atoms with Crippen LogP contribution in [0.1, 0.15) is 49.9 Å². The second kappa shape index (κ2) is 9.75. The van der Waals surface area contributed by atoms with Gasteiger partial charge < -0.3 is 19.5 Å². The van der Waals surface area contributed by atoms with Crippen molar-refractivity contribution >= 4 is 17.4 Å². The molecular formula is C26H30FNO5. The van der Waals surface area contributed by atoms with Gasteiger partial charge in [-0.05, 0) is 47.7 Å². The topological polar surface area (TPSA) is 76.1 Å². The van der Waals surface area contributed by atoms with Crippen LogP contribution in [0.25, 0.3) is 5.76 Å². The van der Waals surface area contributed by atoms with Gasteiger partial charge in [-0.25, -0.2) is 4.39 Å². The molecule has 1 heterocycles. The first-order valence-corrected chi connectivity index (χ1v) is 10.8. The standard InChI is InChI=1S/C26H30FNO5/c1-26(2,3)19-15-17(9-12-20(19)33-5)23(29)21-22(16-7-10-18(27)11-8-16)28(13-6-14-32-4)25(31)24(21)30/h7-12,15,22,29H,6,13-14H2,1-5H3/b23-21-. The van der Waals surface area contributed by atoms with Crippen LogP contribution in [0.3, 0.4) is 0 Å². The Morgan fingerprint density at radius 1 is 1.09 bits per heavy atom. The summed E-state index contributed by atoms with van der Waals surface area (Å²) in [5.41, 5.74) is 1.49. The highest BCUT2D eigenvalue weighted by Gasteiger charge is 2.45. The molecule has 33 heavy (non-hydrogen) atoms. The van der Waals surface area contributed by atoms with E-state index in [-0.39, 0.29) is 23.3 Å². The lowest BCUT2D eigenvalue weighted by atomic mass is 9.84. The van der Waals surface area contributed by atoms with Crippen molar-refractivity contribution in [3.63, 3.8) is 0 Å². The summed E-state index contributed by atoms with van der Waals surface area (Å²) < 4.78 is 24.1. The normalized spacial score (nSPS) is 18.1. The fourth-order valence-electron chi connectivity index (χ4n) is 4.08. The number of halogens is 1. The molecule has 0 bridgehead atoms. The minimum atomic E-state index is -0.831. The van der Waals surface area contributed by atoms with E-state index >= 15 is 0 Å². The van der Waals surface area contributed by atoms with Crippen molar-refractivity contribution in [1.82, 2.24) is 4.90 Å². The predicted octanol–water partition coefficient (Wildman–Crippen LogP) is 4.59. The first kappa shape index (κ1) is 24.5. The number of amides is 1. The monoisotopic (exact) mass is 455 g/mol. The molecule has 1 aliphatic heterocycles. The van der Waals surface area contributed by atoms with Crippen molar-refractivity contribution in [1.29, 1.82) is 0 Å². The zero-order chi connectivity index (χ0) is 24.3. The summed E-state index contributed by atoms with van der Waals surface area (Å²) in [6, 6.07) is 9.93. The molecule has 1 fully saturated rings. The fraction of sp³-hybridized carbons (Fsp3) is 0.385. The van der Waals surface area contributed by atoms with Crippen molar-refractivity contribution in [2.75, 3.05) is 27.4 Å². The number of aliphatic hydroxyl groups excluding tert-OH is 1. The highest BCUT2D eigenvalue weighted by atomic mass is 19.1. The van der Waals surface area contributed by atoms with Crippen LogP contribution in [-0.2, 0) is 19.7 Å². The molecule has 0 aliphatic carbocycles. The highest BCUT2D eigenvalue weighted by Crippen LogP contribution is 2.41. The fourth-order valence-corrected chi connectivity index (χ4v) is 4.08. The molecule has 1 aliphatic rings. The molecule has 2 aromatic carbocycles. The zero-order valence-electron chi connectivity index (χ0n) is 19.6. The molecule has 1 amide bonds. The number of likely N-dealkylation sites (tertiary alicyclic amines) is 1. The Kier molecular flexibility index (Phi) is 7.22. The maximum atomic E-state index is 13.6. The first-order chi connectivity index (χ1) is 15.6. The largest absolute Gasteiger partial charge is 0.507 e. The van der Waals surface area contributed by atoms with E-state index in [0.717, 1.165) is 5.56 Å². The number of nitrogens with zero attached hydrogens (tertiary/aromatic N) is 1. The molecule has 0 aromatic heterocycles. The number of hydrogen-bond donors (Lipinski definition) is 1. The van der Waals surface area contributed by atoms with Gasteiger partial charge >= 0.3 is 0 Å². The van der Waals surface area contributed by atoms with Crippen molar-refractivity contribution in [2.24, 2.45) is 0 Å². The highest BCUT2D eigenvalue weighted by molar-refractivity contribution is 6.46. The average Bonchev–Trinajstić information content (AvgIpc) is 3.03. The van der Waals surface area contributed by atoms with Crippen LogP contribution in [0.5, 0.6) is 5.75 Å². The molecule has 6 nitrogen and oxygen atoms in total. The molecule has 7 heteroatoms. The number of carbonyl (C=O) groups excluding carboxylic acids is 2. The maximum Gasteiger partial charge on any atom is 0.295 e. The lowest BCUT2D eigenvalue weighted by molar-refractivity contribution is -0.140. The van der Waals surface area contributed by atoms with Crippen molar-refractivity contribution in [2.45, 2.75) is 38.6 Å². The average molecular weight is 456 g/mol. The van der Waals surface area contributed by atoms with Gasteiger partial charge in [-0.3, -0.25) is 9.59 Å². The van der Waals surface area contributed by atoms with E-state index in [1.807, 2.05) is 20.8 Å². The number of Topliss-reactive ketones (excluding diaryl/α,β-unsaturated/α-hetero) is 1. The number of ether oxygens (including phenoxy) is 2. The summed E-state index contributed by atoms with van der Waals surface area (Å²) in [5.74, 6) is -1.52. The third-order valence-electron chi connectivity index (χ3n) is 5.75. The first-order valence-electron chi connectivity index (χ1n) is 10.8. The van der Waals surface area contributed by atoms with Gasteiger partial charge in [0.15, 0.2) is 0 Å². The third-order valence-corrected chi connectivity index (χ3v) is 5.75. The summed E-state index contributed by atoms with van der Waals surface area (Å²) in [5, 5.41) is 11.3.